The number of ether oxygens (including phenoxy) is 2. The third-order valence-electron chi connectivity index (χ3n) is 5.10. The molecule has 33 heavy (non-hydrogen) atoms. The van der Waals surface area contributed by atoms with E-state index in [1.165, 1.54) is 0 Å². The van der Waals surface area contributed by atoms with Crippen molar-refractivity contribution in [1.29, 1.82) is 0 Å². The van der Waals surface area contributed by atoms with Crippen molar-refractivity contribution in [3.8, 4) is 11.5 Å². The largest absolute Gasteiger partial charge is 0.493 e. The average molecular weight is 487 g/mol. The summed E-state index contributed by atoms with van der Waals surface area (Å²) in [6.45, 7) is 3.56. The molecule has 5 nitrogen and oxygen atoms in total. The van der Waals surface area contributed by atoms with Crippen LogP contribution >= 0.6 is 23.2 Å². The molecule has 174 valence electrons. The maximum absolute atomic E-state index is 13.0. The number of hydrogen-bond acceptors (Lipinski definition) is 3. The molecule has 2 amide bonds. The molecule has 3 aromatic rings. The minimum absolute atomic E-state index is 0.240. The molecule has 3 rings (SSSR count). The van der Waals surface area contributed by atoms with Crippen LogP contribution < -0.4 is 14.8 Å². The smallest absolute Gasteiger partial charge is 0.322 e. The van der Waals surface area contributed by atoms with Crippen molar-refractivity contribution in [2.45, 2.75) is 32.9 Å². The molecule has 7 heteroatoms. The van der Waals surface area contributed by atoms with Gasteiger partial charge in [0.25, 0.3) is 0 Å². The summed E-state index contributed by atoms with van der Waals surface area (Å²) in [6, 6.07) is 20.6. The second-order valence-corrected chi connectivity index (χ2v) is 8.35. The van der Waals surface area contributed by atoms with Crippen LogP contribution in [0.4, 0.5) is 10.5 Å². The van der Waals surface area contributed by atoms with Gasteiger partial charge in [-0.1, -0.05) is 79.0 Å². The van der Waals surface area contributed by atoms with Gasteiger partial charge in [-0.2, -0.15) is 0 Å². The first-order valence-electron chi connectivity index (χ1n) is 10.9. The summed E-state index contributed by atoms with van der Waals surface area (Å²) in [7, 11) is 1.61. The lowest BCUT2D eigenvalue weighted by molar-refractivity contribution is 0.208. The Hall–Kier alpha value is -2.89. The van der Waals surface area contributed by atoms with Gasteiger partial charge in [-0.25, -0.2) is 4.79 Å². The highest BCUT2D eigenvalue weighted by Gasteiger charge is 2.17. The predicted molar refractivity (Wildman–Crippen MR) is 135 cm³/mol. The first-order chi connectivity index (χ1) is 16.0. The Bertz CT molecular complexity index is 1060. The molecule has 0 heterocycles. The van der Waals surface area contributed by atoms with E-state index in [0.717, 1.165) is 24.0 Å². The predicted octanol–water partition coefficient (Wildman–Crippen LogP) is 7.42. The van der Waals surface area contributed by atoms with E-state index in [4.69, 9.17) is 32.7 Å². The Morgan fingerprint density at radius 2 is 1.76 bits per heavy atom. The summed E-state index contributed by atoms with van der Waals surface area (Å²) in [5.74, 6) is 1.28. The van der Waals surface area contributed by atoms with Gasteiger partial charge >= 0.3 is 6.03 Å². The number of urea groups is 1. The molecule has 0 spiro atoms. The number of rotatable bonds is 10. The second kappa shape index (κ2) is 12.4. The summed E-state index contributed by atoms with van der Waals surface area (Å²) in [6.07, 6.45) is 1.85. The van der Waals surface area contributed by atoms with Gasteiger partial charge in [0.1, 0.15) is 6.61 Å². The number of carbonyl (C=O) groups is 1. The standard InChI is InChI=1S/C26H28Cl2N2O3/c1-3-4-15-30(26(31)29-22-12-8-11-21(27)25(22)28)17-20-13-14-23(24(16-20)32-2)33-18-19-9-6-5-7-10-19/h5-14,16H,3-4,15,17-18H2,1-2H3,(H,29,31). The summed E-state index contributed by atoms with van der Waals surface area (Å²) in [5, 5.41) is 3.59. The zero-order chi connectivity index (χ0) is 23.6. The first-order valence-corrected chi connectivity index (χ1v) is 11.6. The minimum atomic E-state index is -0.240. The maximum atomic E-state index is 13.0. The number of benzene rings is 3. The minimum Gasteiger partial charge on any atom is -0.493 e. The Kier molecular flexibility index (Phi) is 9.28. The molecule has 1 N–H and O–H groups in total. The number of nitrogens with zero attached hydrogens (tertiary/aromatic N) is 1. The molecule has 0 aromatic heterocycles. The first kappa shape index (κ1) is 24.7. The van der Waals surface area contributed by atoms with E-state index in [1.54, 1.807) is 30.2 Å². The topological polar surface area (TPSA) is 50.8 Å². The zero-order valence-corrected chi connectivity index (χ0v) is 20.3. The third-order valence-corrected chi connectivity index (χ3v) is 5.92. The van der Waals surface area contributed by atoms with Gasteiger partial charge in [-0.3, -0.25) is 0 Å². The van der Waals surface area contributed by atoms with Crippen LogP contribution in [0.5, 0.6) is 11.5 Å². The van der Waals surface area contributed by atoms with E-state index in [0.29, 0.717) is 46.9 Å². The fourth-order valence-electron chi connectivity index (χ4n) is 3.28. The van der Waals surface area contributed by atoms with Crippen molar-refractivity contribution in [3.63, 3.8) is 0 Å². The number of hydrogen-bond donors (Lipinski definition) is 1. The lowest BCUT2D eigenvalue weighted by Gasteiger charge is -2.24. The van der Waals surface area contributed by atoms with Gasteiger partial charge in [-0.15, -0.1) is 0 Å². The van der Waals surface area contributed by atoms with Gasteiger partial charge < -0.3 is 19.7 Å². The van der Waals surface area contributed by atoms with Gasteiger partial charge in [0, 0.05) is 13.1 Å². The van der Waals surface area contributed by atoms with Crippen LogP contribution in [0.2, 0.25) is 10.0 Å². The molecular weight excluding hydrogens is 459 g/mol. The quantitative estimate of drug-likeness (QED) is 0.324. The molecule has 0 radical (unpaired) electrons. The third kappa shape index (κ3) is 7.04. The molecule has 3 aromatic carbocycles. The Morgan fingerprint density at radius 1 is 0.970 bits per heavy atom. The van der Waals surface area contributed by atoms with Crippen molar-refractivity contribution in [2.24, 2.45) is 0 Å². The molecular formula is C26H28Cl2N2O3. The van der Waals surface area contributed by atoms with E-state index >= 15 is 0 Å². The number of methoxy groups -OCH3 is 1. The van der Waals surface area contributed by atoms with Crippen LogP contribution in [-0.4, -0.2) is 24.6 Å². The highest BCUT2D eigenvalue weighted by molar-refractivity contribution is 6.43. The van der Waals surface area contributed by atoms with Gasteiger partial charge in [0.05, 0.1) is 22.8 Å². The average Bonchev–Trinajstić information content (AvgIpc) is 2.84. The highest BCUT2D eigenvalue weighted by atomic mass is 35.5. The van der Waals surface area contributed by atoms with Crippen molar-refractivity contribution in [1.82, 2.24) is 4.90 Å². The van der Waals surface area contributed by atoms with Gasteiger partial charge in [0.2, 0.25) is 0 Å². The van der Waals surface area contributed by atoms with E-state index < -0.39 is 0 Å². The summed E-state index contributed by atoms with van der Waals surface area (Å²) in [4.78, 5) is 14.8. The Morgan fingerprint density at radius 3 is 2.48 bits per heavy atom. The summed E-state index contributed by atoms with van der Waals surface area (Å²) >= 11 is 12.3. The van der Waals surface area contributed by atoms with E-state index in [2.05, 4.69) is 12.2 Å². The van der Waals surface area contributed by atoms with Crippen molar-refractivity contribution in [3.05, 3.63) is 87.9 Å². The molecule has 0 unspecified atom stereocenters. The number of anilines is 1. The molecule has 0 aliphatic heterocycles. The number of nitrogens with one attached hydrogen (secondary N) is 1. The van der Waals surface area contributed by atoms with Gasteiger partial charge in [-0.05, 0) is 41.8 Å². The summed E-state index contributed by atoms with van der Waals surface area (Å²) < 4.78 is 11.5. The fourth-order valence-corrected chi connectivity index (χ4v) is 3.63. The lowest BCUT2D eigenvalue weighted by atomic mass is 10.1. The molecule has 0 aliphatic rings. The number of halogens is 2. The van der Waals surface area contributed by atoms with E-state index in [-0.39, 0.29) is 6.03 Å². The van der Waals surface area contributed by atoms with E-state index in [9.17, 15) is 4.79 Å². The van der Waals surface area contributed by atoms with Gasteiger partial charge in [0.15, 0.2) is 11.5 Å². The van der Waals surface area contributed by atoms with Crippen LogP contribution in [0, 0.1) is 0 Å². The van der Waals surface area contributed by atoms with Crippen LogP contribution in [0.3, 0.4) is 0 Å². The van der Waals surface area contributed by atoms with Crippen molar-refractivity contribution < 1.29 is 14.3 Å². The molecule has 0 bridgehead atoms. The van der Waals surface area contributed by atoms with Crippen molar-refractivity contribution >= 4 is 34.9 Å². The molecule has 0 aliphatic carbocycles. The van der Waals surface area contributed by atoms with Crippen LogP contribution in [-0.2, 0) is 13.2 Å². The fraction of sp³-hybridized carbons (Fsp3) is 0.269. The highest BCUT2D eigenvalue weighted by Crippen LogP contribution is 2.31. The summed E-state index contributed by atoms with van der Waals surface area (Å²) in [5.41, 5.74) is 2.49. The Balaban J connectivity index is 1.72. The molecule has 0 saturated heterocycles. The van der Waals surface area contributed by atoms with Crippen LogP contribution in [0.15, 0.2) is 66.7 Å². The van der Waals surface area contributed by atoms with Crippen LogP contribution in [0.1, 0.15) is 30.9 Å². The second-order valence-electron chi connectivity index (χ2n) is 7.57. The number of carbonyl (C=O) groups excluding carboxylic acids is 1. The zero-order valence-electron chi connectivity index (χ0n) is 18.8. The SMILES string of the molecule is CCCCN(Cc1ccc(OCc2ccccc2)c(OC)c1)C(=O)Nc1cccc(Cl)c1Cl. The van der Waals surface area contributed by atoms with Crippen LogP contribution in [0.25, 0.3) is 0 Å². The normalized spacial score (nSPS) is 10.5. The van der Waals surface area contributed by atoms with E-state index in [1.807, 2.05) is 48.5 Å². The monoisotopic (exact) mass is 486 g/mol. The lowest BCUT2D eigenvalue weighted by Crippen LogP contribution is -2.35. The molecule has 0 fully saturated rings. The molecule has 0 saturated carbocycles. The number of unbranched alkanes of at least 4 members (excludes halogenated alkanes) is 1. The molecule has 0 atom stereocenters. The Labute approximate surface area is 205 Å². The van der Waals surface area contributed by atoms with Crippen molar-refractivity contribution in [2.75, 3.05) is 19.0 Å². The number of amides is 2. The maximum Gasteiger partial charge on any atom is 0.322 e.